The zero-order valence-corrected chi connectivity index (χ0v) is 14.6. The van der Waals surface area contributed by atoms with E-state index < -0.39 is 0 Å². The lowest BCUT2D eigenvalue weighted by Crippen LogP contribution is -2.27. The van der Waals surface area contributed by atoms with Crippen LogP contribution in [-0.2, 0) is 11.3 Å². The second-order valence-corrected chi connectivity index (χ2v) is 5.83. The summed E-state index contributed by atoms with van der Waals surface area (Å²) in [4.78, 5) is 28.8. The SMILES string of the molecule is COc1ccc(-c2cc(=O)n(CC(=O)Nc3ccccc3C)cn2)cc1. The third kappa shape index (κ3) is 3.97. The number of benzene rings is 2. The van der Waals surface area contributed by atoms with E-state index in [9.17, 15) is 9.59 Å². The zero-order valence-electron chi connectivity index (χ0n) is 14.6. The highest BCUT2D eigenvalue weighted by Gasteiger charge is 2.08. The van der Waals surface area contributed by atoms with Gasteiger partial charge in [-0.25, -0.2) is 4.98 Å². The van der Waals surface area contributed by atoms with Gasteiger partial charge in [0.05, 0.1) is 19.1 Å². The van der Waals surface area contributed by atoms with E-state index in [1.807, 2.05) is 43.3 Å². The van der Waals surface area contributed by atoms with Gasteiger partial charge >= 0.3 is 0 Å². The topological polar surface area (TPSA) is 73.2 Å². The summed E-state index contributed by atoms with van der Waals surface area (Å²) in [6.45, 7) is 1.82. The van der Waals surface area contributed by atoms with E-state index in [1.165, 1.54) is 17.0 Å². The first-order valence-electron chi connectivity index (χ1n) is 8.13. The normalized spacial score (nSPS) is 10.4. The summed E-state index contributed by atoms with van der Waals surface area (Å²) in [6.07, 6.45) is 1.39. The quantitative estimate of drug-likeness (QED) is 0.769. The molecule has 0 aliphatic carbocycles. The van der Waals surface area contributed by atoms with Crippen molar-refractivity contribution in [3.63, 3.8) is 0 Å². The van der Waals surface area contributed by atoms with Crippen LogP contribution in [-0.4, -0.2) is 22.6 Å². The first-order chi connectivity index (χ1) is 12.6. The predicted molar refractivity (Wildman–Crippen MR) is 100 cm³/mol. The van der Waals surface area contributed by atoms with E-state index in [-0.39, 0.29) is 18.0 Å². The molecule has 0 saturated carbocycles. The van der Waals surface area contributed by atoms with E-state index in [0.29, 0.717) is 5.69 Å². The molecule has 6 nitrogen and oxygen atoms in total. The number of nitrogens with one attached hydrogen (secondary N) is 1. The minimum absolute atomic E-state index is 0.0942. The van der Waals surface area contributed by atoms with Gasteiger partial charge in [0, 0.05) is 17.3 Å². The number of rotatable bonds is 5. The van der Waals surface area contributed by atoms with Gasteiger partial charge in [0.2, 0.25) is 5.91 Å². The van der Waals surface area contributed by atoms with E-state index in [2.05, 4.69) is 10.3 Å². The highest BCUT2D eigenvalue weighted by Crippen LogP contribution is 2.19. The molecule has 0 saturated heterocycles. The Labute approximate surface area is 151 Å². The fraction of sp³-hybridized carbons (Fsp3) is 0.150. The van der Waals surface area contributed by atoms with Crippen molar-refractivity contribution in [3.05, 3.63) is 76.8 Å². The van der Waals surface area contributed by atoms with Gasteiger partial charge in [-0.3, -0.25) is 14.2 Å². The van der Waals surface area contributed by atoms with E-state index in [0.717, 1.165) is 22.6 Å². The second-order valence-electron chi connectivity index (χ2n) is 5.83. The Bertz CT molecular complexity index is 978. The van der Waals surface area contributed by atoms with Crippen LogP contribution in [0.15, 0.2) is 65.7 Å². The number of methoxy groups -OCH3 is 1. The average molecular weight is 349 g/mol. The van der Waals surface area contributed by atoms with Crippen molar-refractivity contribution in [1.29, 1.82) is 0 Å². The molecule has 0 fully saturated rings. The Kier molecular flexibility index (Phi) is 5.12. The summed E-state index contributed by atoms with van der Waals surface area (Å²) in [7, 11) is 1.59. The Morgan fingerprint density at radius 3 is 2.54 bits per heavy atom. The first-order valence-corrected chi connectivity index (χ1v) is 8.13. The number of para-hydroxylation sites is 1. The lowest BCUT2D eigenvalue weighted by molar-refractivity contribution is -0.116. The van der Waals surface area contributed by atoms with Crippen molar-refractivity contribution in [3.8, 4) is 17.0 Å². The van der Waals surface area contributed by atoms with Crippen LogP contribution in [0.5, 0.6) is 5.75 Å². The van der Waals surface area contributed by atoms with Gasteiger partial charge in [-0.15, -0.1) is 0 Å². The van der Waals surface area contributed by atoms with Crippen LogP contribution in [0.2, 0.25) is 0 Å². The third-order valence-electron chi connectivity index (χ3n) is 4.00. The maximum atomic E-state index is 12.3. The van der Waals surface area contributed by atoms with Crippen molar-refractivity contribution < 1.29 is 9.53 Å². The number of amides is 1. The Morgan fingerprint density at radius 2 is 1.88 bits per heavy atom. The fourth-order valence-corrected chi connectivity index (χ4v) is 2.52. The molecule has 0 spiro atoms. The van der Waals surface area contributed by atoms with Crippen LogP contribution in [0.25, 0.3) is 11.3 Å². The zero-order chi connectivity index (χ0) is 18.5. The van der Waals surface area contributed by atoms with Gasteiger partial charge in [0.15, 0.2) is 0 Å². The van der Waals surface area contributed by atoms with E-state index >= 15 is 0 Å². The molecule has 2 aromatic carbocycles. The van der Waals surface area contributed by atoms with Crippen molar-refractivity contribution in [1.82, 2.24) is 9.55 Å². The standard InChI is InChI=1S/C20H19N3O3/c1-14-5-3-4-6-17(14)22-19(24)12-23-13-21-18(11-20(23)25)15-7-9-16(26-2)10-8-15/h3-11,13H,12H2,1-2H3,(H,22,24). The summed E-state index contributed by atoms with van der Waals surface area (Å²) in [5.74, 6) is 0.454. The van der Waals surface area contributed by atoms with Gasteiger partial charge in [-0.2, -0.15) is 0 Å². The van der Waals surface area contributed by atoms with Gasteiger partial charge in [0.1, 0.15) is 12.3 Å². The van der Waals surface area contributed by atoms with E-state index in [1.54, 1.807) is 19.2 Å². The Morgan fingerprint density at radius 1 is 1.15 bits per heavy atom. The molecule has 0 atom stereocenters. The third-order valence-corrected chi connectivity index (χ3v) is 4.00. The molecule has 3 rings (SSSR count). The van der Waals surface area contributed by atoms with Crippen LogP contribution in [0.1, 0.15) is 5.56 Å². The molecule has 1 N–H and O–H groups in total. The lowest BCUT2D eigenvalue weighted by atomic mass is 10.1. The van der Waals surface area contributed by atoms with Crippen molar-refractivity contribution in [2.45, 2.75) is 13.5 Å². The molecule has 0 aliphatic rings. The molecule has 0 unspecified atom stereocenters. The number of carbonyl (C=O) groups is 1. The van der Waals surface area contributed by atoms with Crippen molar-refractivity contribution in [2.75, 3.05) is 12.4 Å². The monoisotopic (exact) mass is 349 g/mol. The van der Waals surface area contributed by atoms with Crippen molar-refractivity contribution in [2.24, 2.45) is 0 Å². The summed E-state index contributed by atoms with van der Waals surface area (Å²) in [5.41, 5.74) is 2.76. The molecule has 1 aromatic heterocycles. The van der Waals surface area contributed by atoms with E-state index in [4.69, 9.17) is 4.74 Å². The molecule has 1 amide bonds. The van der Waals surface area contributed by atoms with Gasteiger partial charge in [-0.05, 0) is 42.8 Å². The molecule has 1 heterocycles. The summed E-state index contributed by atoms with van der Waals surface area (Å²) >= 11 is 0. The molecule has 6 heteroatoms. The molecule has 26 heavy (non-hydrogen) atoms. The smallest absolute Gasteiger partial charge is 0.254 e. The minimum Gasteiger partial charge on any atom is -0.497 e. The molecular formula is C20H19N3O3. The van der Waals surface area contributed by atoms with Crippen LogP contribution < -0.4 is 15.6 Å². The molecule has 132 valence electrons. The molecule has 0 bridgehead atoms. The largest absolute Gasteiger partial charge is 0.497 e. The maximum Gasteiger partial charge on any atom is 0.254 e. The molecule has 0 radical (unpaired) electrons. The van der Waals surface area contributed by atoms with Gasteiger partial charge < -0.3 is 10.1 Å². The van der Waals surface area contributed by atoms with Crippen LogP contribution in [0, 0.1) is 6.92 Å². The number of hydrogen-bond donors (Lipinski definition) is 1. The average Bonchev–Trinajstić information content (AvgIpc) is 2.65. The fourth-order valence-electron chi connectivity index (χ4n) is 2.52. The number of carbonyl (C=O) groups excluding carboxylic acids is 1. The molecular weight excluding hydrogens is 330 g/mol. The molecule has 0 aliphatic heterocycles. The Balaban J connectivity index is 1.74. The number of anilines is 1. The van der Waals surface area contributed by atoms with Crippen LogP contribution in [0.3, 0.4) is 0 Å². The highest BCUT2D eigenvalue weighted by molar-refractivity contribution is 5.91. The van der Waals surface area contributed by atoms with Gasteiger partial charge in [0.25, 0.3) is 5.56 Å². The van der Waals surface area contributed by atoms with Crippen molar-refractivity contribution >= 4 is 11.6 Å². The number of aryl methyl sites for hydroxylation is 1. The number of ether oxygens (including phenoxy) is 1. The first kappa shape index (κ1) is 17.4. The predicted octanol–water partition coefficient (Wildman–Crippen LogP) is 2.87. The number of aromatic nitrogens is 2. The van der Waals surface area contributed by atoms with Crippen LogP contribution in [0.4, 0.5) is 5.69 Å². The lowest BCUT2D eigenvalue weighted by Gasteiger charge is -2.10. The highest BCUT2D eigenvalue weighted by atomic mass is 16.5. The summed E-state index contributed by atoms with van der Waals surface area (Å²) < 4.78 is 6.40. The van der Waals surface area contributed by atoms with Gasteiger partial charge in [-0.1, -0.05) is 18.2 Å². The number of hydrogen-bond acceptors (Lipinski definition) is 4. The molecule has 3 aromatic rings. The minimum atomic E-state index is -0.286. The Hall–Kier alpha value is -3.41. The second kappa shape index (κ2) is 7.65. The van der Waals surface area contributed by atoms with Crippen LogP contribution >= 0.6 is 0 Å². The summed E-state index contributed by atoms with van der Waals surface area (Å²) in [6, 6.07) is 16.2. The number of nitrogens with zero attached hydrogens (tertiary/aromatic N) is 2. The summed E-state index contributed by atoms with van der Waals surface area (Å²) in [5, 5.41) is 2.80. The maximum absolute atomic E-state index is 12.3.